The highest BCUT2D eigenvalue weighted by atomic mass is 16.5. The van der Waals surface area contributed by atoms with Gasteiger partial charge in [0.2, 0.25) is 0 Å². The second-order valence-electron chi connectivity index (χ2n) is 7.65. The molecule has 1 N–H and O–H groups in total. The zero-order valence-electron chi connectivity index (χ0n) is 18.3. The van der Waals surface area contributed by atoms with E-state index >= 15 is 0 Å². The Morgan fingerprint density at radius 1 is 0.906 bits per heavy atom. The van der Waals surface area contributed by atoms with E-state index in [1.54, 1.807) is 50.6 Å². The van der Waals surface area contributed by atoms with Crippen LogP contribution in [0, 0.1) is 0 Å². The van der Waals surface area contributed by atoms with Crippen LogP contribution >= 0.6 is 0 Å². The Morgan fingerprint density at radius 2 is 1.69 bits per heavy atom. The topological polar surface area (TPSA) is 72.1 Å². The minimum absolute atomic E-state index is 0.0901. The molecule has 4 rings (SSSR count). The standard InChI is InChI=1S/C26H25NO5/c1-27(15-17-7-5-4-6-8-17)16-22-23(28)11-9-18-13-21(26(29)32-25(18)22)20-14-19(30-2)10-12-24(20)31-3/h4-14,28H,15-16H2,1-3H3. The lowest BCUT2D eigenvalue weighted by Gasteiger charge is -2.18. The Kier molecular flexibility index (Phi) is 6.14. The van der Waals surface area contributed by atoms with E-state index in [0.29, 0.717) is 52.2 Å². The fourth-order valence-electron chi connectivity index (χ4n) is 3.82. The van der Waals surface area contributed by atoms with Crippen molar-refractivity contribution in [2.45, 2.75) is 13.1 Å². The Morgan fingerprint density at radius 3 is 2.41 bits per heavy atom. The Balaban J connectivity index is 1.75. The van der Waals surface area contributed by atoms with E-state index in [9.17, 15) is 9.90 Å². The average Bonchev–Trinajstić information content (AvgIpc) is 2.81. The predicted molar refractivity (Wildman–Crippen MR) is 124 cm³/mol. The molecule has 0 bridgehead atoms. The van der Waals surface area contributed by atoms with Gasteiger partial charge in [0.15, 0.2) is 0 Å². The van der Waals surface area contributed by atoms with Gasteiger partial charge in [-0.1, -0.05) is 30.3 Å². The second-order valence-corrected chi connectivity index (χ2v) is 7.65. The normalized spacial score (nSPS) is 11.1. The number of benzene rings is 3. The van der Waals surface area contributed by atoms with Crippen LogP contribution in [0.4, 0.5) is 0 Å². The van der Waals surface area contributed by atoms with Crippen molar-refractivity contribution in [2.24, 2.45) is 0 Å². The third-order valence-electron chi connectivity index (χ3n) is 5.40. The van der Waals surface area contributed by atoms with Crippen LogP contribution in [-0.4, -0.2) is 31.3 Å². The zero-order valence-corrected chi connectivity index (χ0v) is 18.3. The van der Waals surface area contributed by atoms with Crippen LogP contribution in [0.5, 0.6) is 17.2 Å². The number of methoxy groups -OCH3 is 2. The Hall–Kier alpha value is -3.77. The smallest absolute Gasteiger partial charge is 0.344 e. The van der Waals surface area contributed by atoms with Gasteiger partial charge in [-0.3, -0.25) is 4.90 Å². The Bertz CT molecular complexity index is 1300. The van der Waals surface area contributed by atoms with Crippen LogP contribution in [0.25, 0.3) is 22.1 Å². The molecule has 1 aromatic heterocycles. The molecule has 0 amide bonds. The summed E-state index contributed by atoms with van der Waals surface area (Å²) >= 11 is 0. The van der Waals surface area contributed by atoms with Crippen LogP contribution < -0.4 is 15.1 Å². The number of rotatable bonds is 7. The summed E-state index contributed by atoms with van der Waals surface area (Å²) in [6.07, 6.45) is 0. The summed E-state index contributed by atoms with van der Waals surface area (Å²) in [6, 6.07) is 20.4. The number of fused-ring (bicyclic) bond motifs is 1. The third-order valence-corrected chi connectivity index (χ3v) is 5.40. The van der Waals surface area contributed by atoms with Gasteiger partial charge >= 0.3 is 5.63 Å². The first-order valence-electron chi connectivity index (χ1n) is 10.2. The number of hydrogen-bond donors (Lipinski definition) is 1. The van der Waals surface area contributed by atoms with Gasteiger partial charge in [0.05, 0.1) is 25.3 Å². The molecule has 164 valence electrons. The fraction of sp³-hybridized carbons (Fsp3) is 0.192. The largest absolute Gasteiger partial charge is 0.507 e. The molecule has 6 nitrogen and oxygen atoms in total. The van der Waals surface area contributed by atoms with Crippen molar-refractivity contribution < 1.29 is 19.0 Å². The number of phenols is 1. The molecular formula is C26H25NO5. The van der Waals surface area contributed by atoms with Crippen molar-refractivity contribution in [1.82, 2.24) is 4.90 Å². The lowest BCUT2D eigenvalue weighted by Crippen LogP contribution is -2.18. The molecule has 0 atom stereocenters. The zero-order chi connectivity index (χ0) is 22.7. The highest BCUT2D eigenvalue weighted by Crippen LogP contribution is 2.35. The maximum absolute atomic E-state index is 13.0. The second kappa shape index (κ2) is 9.16. The lowest BCUT2D eigenvalue weighted by molar-refractivity contribution is 0.312. The van der Waals surface area contributed by atoms with E-state index < -0.39 is 5.63 Å². The first-order valence-corrected chi connectivity index (χ1v) is 10.2. The van der Waals surface area contributed by atoms with E-state index in [1.807, 2.05) is 37.4 Å². The van der Waals surface area contributed by atoms with Crippen LogP contribution in [0.1, 0.15) is 11.1 Å². The number of nitrogens with zero attached hydrogens (tertiary/aromatic N) is 1. The van der Waals surface area contributed by atoms with Crippen LogP contribution in [0.2, 0.25) is 0 Å². The maximum atomic E-state index is 13.0. The van der Waals surface area contributed by atoms with Crippen molar-refractivity contribution >= 4 is 11.0 Å². The highest BCUT2D eigenvalue weighted by Gasteiger charge is 2.18. The maximum Gasteiger partial charge on any atom is 0.344 e. The SMILES string of the molecule is COc1ccc(OC)c(-c2cc3ccc(O)c(CN(C)Cc4ccccc4)c3oc2=O)c1. The number of ether oxygens (including phenoxy) is 2. The molecular weight excluding hydrogens is 406 g/mol. The predicted octanol–water partition coefficient (Wildman–Crippen LogP) is 4.81. The van der Waals surface area contributed by atoms with Crippen molar-refractivity contribution in [1.29, 1.82) is 0 Å². The van der Waals surface area contributed by atoms with Gasteiger partial charge in [0.1, 0.15) is 22.8 Å². The quantitative estimate of drug-likeness (QED) is 0.423. The van der Waals surface area contributed by atoms with Gasteiger partial charge in [-0.25, -0.2) is 4.79 Å². The first kappa shape index (κ1) is 21.5. The number of phenolic OH excluding ortho intramolecular Hbond substituents is 1. The molecule has 0 fully saturated rings. The summed E-state index contributed by atoms with van der Waals surface area (Å²) < 4.78 is 16.5. The molecule has 0 saturated carbocycles. The molecule has 0 spiro atoms. The molecule has 0 unspecified atom stereocenters. The highest BCUT2D eigenvalue weighted by molar-refractivity contribution is 5.87. The summed E-state index contributed by atoms with van der Waals surface area (Å²) in [6.45, 7) is 1.11. The molecule has 0 saturated heterocycles. The summed E-state index contributed by atoms with van der Waals surface area (Å²) in [5.41, 5.74) is 2.54. The van der Waals surface area contributed by atoms with Crippen molar-refractivity contribution in [2.75, 3.05) is 21.3 Å². The molecule has 0 aliphatic carbocycles. The molecule has 1 heterocycles. The average molecular weight is 431 g/mol. The van der Waals surface area contributed by atoms with E-state index in [-0.39, 0.29) is 5.75 Å². The van der Waals surface area contributed by atoms with E-state index in [0.717, 1.165) is 5.56 Å². The molecule has 6 heteroatoms. The van der Waals surface area contributed by atoms with E-state index in [4.69, 9.17) is 13.9 Å². The molecule has 3 aromatic carbocycles. The van der Waals surface area contributed by atoms with Crippen LogP contribution in [-0.2, 0) is 13.1 Å². The minimum atomic E-state index is -0.512. The molecule has 32 heavy (non-hydrogen) atoms. The molecule has 0 aliphatic rings. The van der Waals surface area contributed by atoms with Gasteiger partial charge in [0.25, 0.3) is 0 Å². The minimum Gasteiger partial charge on any atom is -0.507 e. The van der Waals surface area contributed by atoms with E-state index in [2.05, 4.69) is 4.90 Å². The monoisotopic (exact) mass is 431 g/mol. The summed E-state index contributed by atoms with van der Waals surface area (Å²) in [5.74, 6) is 1.24. The van der Waals surface area contributed by atoms with Crippen LogP contribution in [0.15, 0.2) is 75.9 Å². The van der Waals surface area contributed by atoms with Crippen molar-refractivity contribution in [3.8, 4) is 28.4 Å². The van der Waals surface area contributed by atoms with Crippen molar-refractivity contribution in [3.63, 3.8) is 0 Å². The van der Waals surface area contributed by atoms with Gasteiger partial charge < -0.3 is 19.0 Å². The van der Waals surface area contributed by atoms with Gasteiger partial charge in [-0.2, -0.15) is 0 Å². The Labute approximate surface area is 186 Å². The summed E-state index contributed by atoms with van der Waals surface area (Å²) in [5, 5.41) is 11.2. The van der Waals surface area contributed by atoms with Crippen LogP contribution in [0.3, 0.4) is 0 Å². The van der Waals surface area contributed by atoms with E-state index in [1.165, 1.54) is 0 Å². The molecule has 4 aromatic rings. The number of aromatic hydroxyl groups is 1. The fourth-order valence-corrected chi connectivity index (χ4v) is 3.82. The molecule has 0 radical (unpaired) electrons. The third kappa shape index (κ3) is 4.31. The van der Waals surface area contributed by atoms with Gasteiger partial charge in [0, 0.05) is 24.0 Å². The van der Waals surface area contributed by atoms with Gasteiger partial charge in [-0.15, -0.1) is 0 Å². The van der Waals surface area contributed by atoms with Gasteiger partial charge in [-0.05, 0) is 49.0 Å². The summed E-state index contributed by atoms with van der Waals surface area (Å²) in [4.78, 5) is 15.0. The first-order chi connectivity index (χ1) is 15.5. The lowest BCUT2D eigenvalue weighted by atomic mass is 10.0. The number of hydrogen-bond acceptors (Lipinski definition) is 6. The summed E-state index contributed by atoms with van der Waals surface area (Å²) in [7, 11) is 5.07. The molecule has 0 aliphatic heterocycles. The van der Waals surface area contributed by atoms with Crippen molar-refractivity contribution in [3.05, 3.63) is 88.3 Å².